The third-order valence-electron chi connectivity index (χ3n) is 10.9. The molecule has 0 unspecified atom stereocenters. The molecule has 3 aliphatic heterocycles. The van der Waals surface area contributed by atoms with Crippen LogP contribution in [0.1, 0.15) is 82.8 Å². The molecule has 10 nitrogen and oxygen atoms in total. The number of esters is 1. The summed E-state index contributed by atoms with van der Waals surface area (Å²) in [6, 6.07) is 7.97. The number of aliphatic hydroxyl groups is 1. The summed E-state index contributed by atoms with van der Waals surface area (Å²) in [5.41, 5.74) is -0.421. The molecule has 3 saturated heterocycles. The van der Waals surface area contributed by atoms with Crippen molar-refractivity contribution in [3.8, 4) is 0 Å². The minimum atomic E-state index is -1.16. The first-order chi connectivity index (χ1) is 22.7. The van der Waals surface area contributed by atoms with Crippen molar-refractivity contribution in [1.29, 1.82) is 0 Å². The highest BCUT2D eigenvalue weighted by atomic mass is 16.6. The second-order valence-corrected chi connectivity index (χ2v) is 13.6. The molecule has 1 N–H and O–H groups in total. The van der Waals surface area contributed by atoms with Crippen molar-refractivity contribution in [3.05, 3.63) is 61.2 Å². The number of benzene rings is 1. The minimum Gasteiger partial charge on any atom is -0.455 e. The van der Waals surface area contributed by atoms with Crippen molar-refractivity contribution in [2.24, 2.45) is 11.8 Å². The summed E-state index contributed by atoms with van der Waals surface area (Å²) in [4.78, 5) is 61.3. The Labute approximate surface area is 278 Å². The van der Waals surface area contributed by atoms with Crippen LogP contribution in [0.2, 0.25) is 0 Å². The first kappa shape index (κ1) is 34.8. The molecule has 256 valence electrons. The van der Waals surface area contributed by atoms with Gasteiger partial charge in [-0.05, 0) is 51.0 Å². The van der Waals surface area contributed by atoms with Crippen LogP contribution in [-0.4, -0.2) is 100 Å². The molecule has 1 aliphatic carbocycles. The van der Waals surface area contributed by atoms with Gasteiger partial charge in [-0.1, -0.05) is 61.7 Å². The Morgan fingerprint density at radius 1 is 1.13 bits per heavy atom. The lowest BCUT2D eigenvalue weighted by molar-refractivity contribution is -0.164. The van der Waals surface area contributed by atoms with Crippen molar-refractivity contribution in [1.82, 2.24) is 14.7 Å². The van der Waals surface area contributed by atoms with E-state index < -0.39 is 47.7 Å². The van der Waals surface area contributed by atoms with Gasteiger partial charge in [0.05, 0.1) is 24.0 Å². The summed E-state index contributed by atoms with van der Waals surface area (Å²) in [6.45, 7) is 9.89. The molecular formula is C37H51N3O7. The number of rotatable bonds is 15. The van der Waals surface area contributed by atoms with Gasteiger partial charge in [0.1, 0.15) is 17.7 Å². The Bertz CT molecular complexity index is 1310. The predicted octanol–water partition coefficient (Wildman–Crippen LogP) is 4.19. The molecule has 3 heterocycles. The maximum absolute atomic E-state index is 14.6. The molecule has 7 atom stereocenters. The van der Waals surface area contributed by atoms with E-state index in [9.17, 15) is 24.3 Å². The normalized spacial score (nSPS) is 28.0. The van der Waals surface area contributed by atoms with Crippen LogP contribution in [0, 0.1) is 11.8 Å². The van der Waals surface area contributed by atoms with E-state index in [2.05, 4.69) is 13.2 Å². The van der Waals surface area contributed by atoms with E-state index in [1.165, 1.54) is 0 Å². The first-order valence-electron chi connectivity index (χ1n) is 17.3. The van der Waals surface area contributed by atoms with Gasteiger partial charge in [-0.3, -0.25) is 19.2 Å². The molecule has 1 saturated carbocycles. The van der Waals surface area contributed by atoms with Crippen LogP contribution in [0.15, 0.2) is 55.6 Å². The predicted molar refractivity (Wildman–Crippen MR) is 177 cm³/mol. The summed E-state index contributed by atoms with van der Waals surface area (Å²) in [7, 11) is 1.70. The van der Waals surface area contributed by atoms with Crippen LogP contribution < -0.4 is 0 Å². The quantitative estimate of drug-likeness (QED) is 0.224. The summed E-state index contributed by atoms with van der Waals surface area (Å²) in [5, 5.41) is 9.71. The van der Waals surface area contributed by atoms with Gasteiger partial charge >= 0.3 is 5.97 Å². The minimum absolute atomic E-state index is 0.0538. The fraction of sp³-hybridized carbons (Fsp3) is 0.622. The van der Waals surface area contributed by atoms with Gasteiger partial charge in [0.25, 0.3) is 0 Å². The van der Waals surface area contributed by atoms with Crippen molar-refractivity contribution in [2.75, 3.05) is 26.7 Å². The largest absolute Gasteiger partial charge is 0.455 e. The van der Waals surface area contributed by atoms with Crippen LogP contribution >= 0.6 is 0 Å². The lowest BCUT2D eigenvalue weighted by Crippen LogP contribution is -2.58. The van der Waals surface area contributed by atoms with Crippen molar-refractivity contribution < 1.29 is 33.8 Å². The van der Waals surface area contributed by atoms with Gasteiger partial charge in [-0.15, -0.1) is 13.2 Å². The van der Waals surface area contributed by atoms with E-state index in [0.29, 0.717) is 38.6 Å². The van der Waals surface area contributed by atoms with Gasteiger partial charge in [0.15, 0.2) is 0 Å². The molecule has 10 heteroatoms. The van der Waals surface area contributed by atoms with Crippen LogP contribution in [0.5, 0.6) is 0 Å². The van der Waals surface area contributed by atoms with Crippen molar-refractivity contribution in [2.45, 2.75) is 107 Å². The van der Waals surface area contributed by atoms with E-state index in [-0.39, 0.29) is 36.9 Å². The van der Waals surface area contributed by atoms with Gasteiger partial charge in [0, 0.05) is 39.2 Å². The number of carbonyl (C=O) groups excluding carboxylic acids is 4. The van der Waals surface area contributed by atoms with E-state index >= 15 is 0 Å². The zero-order valence-electron chi connectivity index (χ0n) is 27.9. The number of aliphatic hydroxyl groups excluding tert-OH is 1. The molecule has 0 radical (unpaired) electrons. The Kier molecular flexibility index (Phi) is 11.2. The number of hydrogen-bond donors (Lipinski definition) is 1. The second kappa shape index (κ2) is 15.2. The Balaban J connectivity index is 1.45. The number of likely N-dealkylation sites (N-methyl/N-ethyl adjacent to an activating group) is 1. The molecule has 1 spiro atoms. The molecule has 5 rings (SSSR count). The third-order valence-corrected chi connectivity index (χ3v) is 10.9. The number of amides is 3. The molecule has 47 heavy (non-hydrogen) atoms. The summed E-state index contributed by atoms with van der Waals surface area (Å²) in [5.74, 6) is -2.90. The fourth-order valence-electron chi connectivity index (χ4n) is 8.41. The number of allylic oxidation sites excluding steroid dienone is 1. The molecule has 4 fully saturated rings. The molecule has 3 amide bonds. The Hall–Kier alpha value is -3.50. The smallest absolute Gasteiger partial charge is 0.313 e. The van der Waals surface area contributed by atoms with Gasteiger partial charge in [-0.2, -0.15) is 0 Å². The molecule has 4 aliphatic rings. The Morgan fingerprint density at radius 2 is 1.85 bits per heavy atom. The summed E-state index contributed by atoms with van der Waals surface area (Å²) in [6.07, 6.45) is 9.24. The lowest BCUT2D eigenvalue weighted by atomic mass is 9.70. The third kappa shape index (κ3) is 6.64. The molecular weight excluding hydrogens is 598 g/mol. The highest BCUT2D eigenvalue weighted by Gasteiger charge is 2.75. The van der Waals surface area contributed by atoms with E-state index in [0.717, 1.165) is 37.7 Å². The highest BCUT2D eigenvalue weighted by Crippen LogP contribution is 2.59. The standard InChI is InChI=1S/C37H51N3O7/c1-5-7-19-29(42)38(4)25(3)32(26-15-10-8-11-16-26)46-36(45)30-28-20-21-37(47-28)31(30)34(43)40(23-14-24-41)33(37)35(44)39(22-6-2)27-17-12-9-13-18-27/h5-6,8,10-11,15-16,25,27-28,30-33,41H,1-2,7,9,12-14,17-24H2,3-4H3/t25-,28-,30+,31+,32+,33-,37+/m1/s1. The molecule has 0 aromatic heterocycles. The van der Waals surface area contributed by atoms with Gasteiger partial charge in [-0.25, -0.2) is 0 Å². The number of nitrogens with zero attached hydrogens (tertiary/aromatic N) is 3. The van der Waals surface area contributed by atoms with Gasteiger partial charge in [0.2, 0.25) is 17.7 Å². The number of carbonyl (C=O) groups is 4. The van der Waals surface area contributed by atoms with E-state index in [1.807, 2.05) is 42.2 Å². The number of hydrogen-bond acceptors (Lipinski definition) is 7. The topological polar surface area (TPSA) is 117 Å². The maximum Gasteiger partial charge on any atom is 0.313 e. The number of ether oxygens (including phenoxy) is 2. The zero-order valence-corrected chi connectivity index (χ0v) is 27.9. The van der Waals surface area contributed by atoms with Crippen LogP contribution in [0.3, 0.4) is 0 Å². The first-order valence-corrected chi connectivity index (χ1v) is 17.3. The number of likely N-dealkylation sites (tertiary alicyclic amines) is 1. The molecule has 1 aromatic rings. The van der Waals surface area contributed by atoms with E-state index in [4.69, 9.17) is 9.47 Å². The SMILES string of the molecule is C=CCCC(=O)N(C)[C@H](C)[C@H](OC(=O)[C@@H]1[C@H]2C(=O)N(CCCO)[C@H](C(=O)N(CC=C)C3CCCCC3)[C@]23CC[C@H]1O3)c1ccccc1. The molecule has 1 aromatic carbocycles. The Morgan fingerprint density at radius 3 is 2.51 bits per heavy atom. The van der Waals surface area contributed by atoms with Crippen LogP contribution in [0.4, 0.5) is 0 Å². The van der Waals surface area contributed by atoms with Gasteiger partial charge < -0.3 is 29.3 Å². The monoisotopic (exact) mass is 649 g/mol. The fourth-order valence-corrected chi connectivity index (χ4v) is 8.41. The second-order valence-electron chi connectivity index (χ2n) is 13.6. The maximum atomic E-state index is 14.6. The van der Waals surface area contributed by atoms with Crippen LogP contribution in [0.25, 0.3) is 0 Å². The molecule has 2 bridgehead atoms. The average molecular weight is 650 g/mol. The number of fused-ring (bicyclic) bond motifs is 1. The lowest BCUT2D eigenvalue weighted by Gasteiger charge is -2.40. The van der Waals surface area contributed by atoms with E-state index in [1.54, 1.807) is 29.0 Å². The zero-order chi connectivity index (χ0) is 33.7. The average Bonchev–Trinajstić information content (AvgIpc) is 3.74. The van der Waals surface area contributed by atoms with Crippen LogP contribution in [-0.2, 0) is 28.7 Å². The van der Waals surface area contributed by atoms with Crippen molar-refractivity contribution >= 4 is 23.7 Å². The summed E-state index contributed by atoms with van der Waals surface area (Å²) >= 11 is 0. The highest BCUT2D eigenvalue weighted by molar-refractivity contribution is 5.98. The van der Waals surface area contributed by atoms with Crippen molar-refractivity contribution in [3.63, 3.8) is 0 Å². The summed E-state index contributed by atoms with van der Waals surface area (Å²) < 4.78 is 13.0.